The monoisotopic (exact) mass is 621 g/mol. The van der Waals surface area contributed by atoms with Crippen LogP contribution in [-0.4, -0.2) is 86.0 Å². The summed E-state index contributed by atoms with van der Waals surface area (Å²) in [5.74, 6) is -0.930. The molecule has 1 aromatic heterocycles. The van der Waals surface area contributed by atoms with Crippen molar-refractivity contribution in [1.82, 2.24) is 19.6 Å². The smallest absolute Gasteiger partial charge is 0.321 e. The van der Waals surface area contributed by atoms with Crippen LogP contribution in [0.5, 0.6) is 0 Å². The van der Waals surface area contributed by atoms with E-state index in [9.17, 15) is 22.8 Å². The van der Waals surface area contributed by atoms with Gasteiger partial charge in [-0.3, -0.25) is 4.79 Å². The number of likely N-dealkylation sites (tertiary alicyclic amines) is 1. The fourth-order valence-electron chi connectivity index (χ4n) is 4.78. The van der Waals surface area contributed by atoms with E-state index in [-0.39, 0.29) is 48.9 Å². The molecule has 232 valence electrons. The summed E-state index contributed by atoms with van der Waals surface area (Å²) in [5, 5.41) is 5.96. The molecule has 2 aromatic carbocycles. The molecule has 4 rings (SSSR count). The van der Waals surface area contributed by atoms with Crippen LogP contribution in [0.4, 0.5) is 23.7 Å². The SMILES string of the molecule is COCCOCCOCCNC(=O)c1ccc(C(F)F)cc1NC(=O)N1CCC(c2ccc(C)c(F)c2)(c2ncns2)C1. The molecule has 2 N–H and O–H groups in total. The number of amides is 3. The number of hydrogen-bond acceptors (Lipinski definition) is 8. The fraction of sp³-hybridized carbons (Fsp3) is 0.448. The molecule has 43 heavy (non-hydrogen) atoms. The Morgan fingerprint density at radius 2 is 1.86 bits per heavy atom. The van der Waals surface area contributed by atoms with Gasteiger partial charge in [-0.2, -0.15) is 4.37 Å². The van der Waals surface area contributed by atoms with Crippen molar-refractivity contribution >= 4 is 29.2 Å². The van der Waals surface area contributed by atoms with Crippen molar-refractivity contribution in [2.24, 2.45) is 0 Å². The van der Waals surface area contributed by atoms with E-state index in [1.54, 1.807) is 20.1 Å². The van der Waals surface area contributed by atoms with E-state index < -0.39 is 23.8 Å². The fourth-order valence-corrected chi connectivity index (χ4v) is 5.53. The number of benzene rings is 2. The molecule has 2 heterocycles. The molecule has 1 fully saturated rings. The van der Waals surface area contributed by atoms with E-state index in [0.29, 0.717) is 49.0 Å². The average Bonchev–Trinajstić information content (AvgIpc) is 3.69. The first-order valence-corrected chi connectivity index (χ1v) is 14.5. The molecule has 0 saturated carbocycles. The number of carbonyl (C=O) groups is 2. The predicted octanol–water partition coefficient (Wildman–Crippen LogP) is 4.56. The number of aryl methyl sites for hydroxylation is 1. The first kappa shape index (κ1) is 32.3. The van der Waals surface area contributed by atoms with Crippen molar-refractivity contribution in [1.29, 1.82) is 0 Å². The Balaban J connectivity index is 1.44. The Kier molecular flexibility index (Phi) is 11.4. The topological polar surface area (TPSA) is 115 Å². The number of alkyl halides is 2. The van der Waals surface area contributed by atoms with Crippen LogP contribution < -0.4 is 10.6 Å². The molecule has 10 nitrogen and oxygen atoms in total. The lowest BCUT2D eigenvalue weighted by Gasteiger charge is -2.28. The molecule has 3 amide bonds. The van der Waals surface area contributed by atoms with E-state index >= 15 is 0 Å². The third-order valence-corrected chi connectivity index (χ3v) is 8.04. The number of aromatic nitrogens is 2. The Labute approximate surface area is 251 Å². The van der Waals surface area contributed by atoms with Gasteiger partial charge in [0.15, 0.2) is 0 Å². The molecule has 0 spiro atoms. The van der Waals surface area contributed by atoms with Crippen LogP contribution in [-0.2, 0) is 19.6 Å². The number of urea groups is 1. The highest BCUT2D eigenvalue weighted by atomic mass is 32.1. The number of hydrogen-bond donors (Lipinski definition) is 2. The van der Waals surface area contributed by atoms with Gasteiger partial charge in [-0.1, -0.05) is 18.2 Å². The van der Waals surface area contributed by atoms with Crippen LogP contribution in [0, 0.1) is 12.7 Å². The van der Waals surface area contributed by atoms with Gasteiger partial charge in [0.25, 0.3) is 12.3 Å². The number of carbonyl (C=O) groups excluding carboxylic acids is 2. The van der Waals surface area contributed by atoms with Gasteiger partial charge < -0.3 is 29.7 Å². The number of methoxy groups -OCH3 is 1. The lowest BCUT2D eigenvalue weighted by Crippen LogP contribution is -2.38. The maximum atomic E-state index is 14.6. The number of nitrogens with zero attached hydrogens (tertiary/aromatic N) is 3. The molecule has 0 aliphatic carbocycles. The molecule has 1 saturated heterocycles. The zero-order valence-corrected chi connectivity index (χ0v) is 24.7. The Hall–Kier alpha value is -3.59. The van der Waals surface area contributed by atoms with Gasteiger partial charge in [-0.25, -0.2) is 22.9 Å². The molecular formula is C29H34F3N5O5S. The quantitative estimate of drug-likeness (QED) is 0.254. The van der Waals surface area contributed by atoms with Crippen LogP contribution in [0.1, 0.15) is 44.9 Å². The number of ether oxygens (including phenoxy) is 3. The lowest BCUT2D eigenvalue weighted by atomic mass is 9.80. The van der Waals surface area contributed by atoms with Gasteiger partial charge in [-0.15, -0.1) is 0 Å². The summed E-state index contributed by atoms with van der Waals surface area (Å²) in [6.07, 6.45) is -0.946. The lowest BCUT2D eigenvalue weighted by molar-refractivity contribution is 0.0255. The van der Waals surface area contributed by atoms with Crippen molar-refractivity contribution < 1.29 is 37.0 Å². The maximum Gasteiger partial charge on any atom is 0.321 e. The zero-order valence-electron chi connectivity index (χ0n) is 23.9. The van der Waals surface area contributed by atoms with Crippen molar-refractivity contribution in [2.75, 3.05) is 65.1 Å². The van der Waals surface area contributed by atoms with E-state index in [1.807, 2.05) is 6.07 Å². The standard InChI is InChI=1S/C29H34F3N5O5S/c1-19-3-5-21(16-23(19)30)29(27-34-18-35-43-27)7-9-37(17-29)28(39)36-24-15-20(25(31)32)4-6-22(24)26(38)33-8-10-41-13-14-42-12-11-40-2/h3-6,15-16,18,25H,7-14,17H2,1-2H3,(H,33,38)(H,36,39). The molecule has 1 aliphatic heterocycles. The van der Waals surface area contributed by atoms with E-state index in [4.69, 9.17) is 14.2 Å². The molecule has 1 atom stereocenters. The van der Waals surface area contributed by atoms with Crippen molar-refractivity contribution in [3.63, 3.8) is 0 Å². The van der Waals surface area contributed by atoms with Gasteiger partial charge >= 0.3 is 6.03 Å². The highest BCUT2D eigenvalue weighted by Gasteiger charge is 2.45. The minimum Gasteiger partial charge on any atom is -0.382 e. The van der Waals surface area contributed by atoms with Crippen LogP contribution in [0.3, 0.4) is 0 Å². The summed E-state index contributed by atoms with van der Waals surface area (Å²) in [4.78, 5) is 32.3. The Morgan fingerprint density at radius 1 is 1.09 bits per heavy atom. The van der Waals surface area contributed by atoms with Crippen LogP contribution in [0.2, 0.25) is 0 Å². The molecule has 1 aliphatic rings. The number of rotatable bonds is 14. The Morgan fingerprint density at radius 3 is 2.56 bits per heavy atom. The normalized spacial score (nSPS) is 16.6. The second-order valence-electron chi connectivity index (χ2n) is 9.97. The maximum absolute atomic E-state index is 14.6. The van der Waals surface area contributed by atoms with E-state index in [0.717, 1.165) is 12.1 Å². The summed E-state index contributed by atoms with van der Waals surface area (Å²) in [7, 11) is 1.58. The summed E-state index contributed by atoms with van der Waals surface area (Å²) in [6, 6.07) is 7.84. The predicted molar refractivity (Wildman–Crippen MR) is 154 cm³/mol. The third-order valence-electron chi connectivity index (χ3n) is 7.17. The minimum absolute atomic E-state index is 0.0239. The zero-order chi connectivity index (χ0) is 30.8. The molecule has 1 unspecified atom stereocenters. The summed E-state index contributed by atoms with van der Waals surface area (Å²) in [6.45, 7) is 4.09. The van der Waals surface area contributed by atoms with Crippen LogP contribution in [0.25, 0.3) is 0 Å². The van der Waals surface area contributed by atoms with Gasteiger partial charge in [0.05, 0.1) is 49.7 Å². The highest BCUT2D eigenvalue weighted by Crippen LogP contribution is 2.42. The second-order valence-corrected chi connectivity index (χ2v) is 10.8. The second kappa shape index (κ2) is 15.2. The first-order valence-electron chi connectivity index (χ1n) is 13.7. The number of nitrogens with one attached hydrogen (secondary N) is 2. The summed E-state index contributed by atoms with van der Waals surface area (Å²) in [5.41, 5.74) is -0.0210. The largest absolute Gasteiger partial charge is 0.382 e. The third kappa shape index (κ3) is 8.07. The Bertz CT molecular complexity index is 1380. The van der Waals surface area contributed by atoms with Crippen LogP contribution in [0.15, 0.2) is 42.7 Å². The van der Waals surface area contributed by atoms with Gasteiger partial charge in [0.1, 0.15) is 17.2 Å². The summed E-state index contributed by atoms with van der Waals surface area (Å²) >= 11 is 1.17. The first-order chi connectivity index (χ1) is 20.7. The number of anilines is 1. The van der Waals surface area contributed by atoms with Crippen molar-refractivity contribution in [3.05, 3.63) is 75.8 Å². The highest BCUT2D eigenvalue weighted by molar-refractivity contribution is 7.05. The molecule has 14 heteroatoms. The van der Waals surface area contributed by atoms with Gasteiger partial charge in [0, 0.05) is 32.3 Å². The molecular weight excluding hydrogens is 587 g/mol. The average molecular weight is 622 g/mol. The molecule has 0 radical (unpaired) electrons. The van der Waals surface area contributed by atoms with E-state index in [1.165, 1.54) is 34.9 Å². The summed E-state index contributed by atoms with van der Waals surface area (Å²) < 4.78 is 61.4. The molecule has 0 bridgehead atoms. The van der Waals surface area contributed by atoms with Crippen LogP contribution >= 0.6 is 11.5 Å². The van der Waals surface area contributed by atoms with Gasteiger partial charge in [0.2, 0.25) is 0 Å². The minimum atomic E-state index is -2.81. The van der Waals surface area contributed by atoms with Gasteiger partial charge in [-0.05, 0) is 54.2 Å². The molecule has 3 aromatic rings. The van der Waals surface area contributed by atoms with E-state index in [2.05, 4.69) is 20.0 Å². The van der Waals surface area contributed by atoms with Crippen molar-refractivity contribution in [2.45, 2.75) is 25.2 Å². The number of halogens is 3. The van der Waals surface area contributed by atoms with Crippen molar-refractivity contribution in [3.8, 4) is 0 Å².